The van der Waals surface area contributed by atoms with E-state index in [1.807, 2.05) is 6.08 Å². The first-order valence-electron chi connectivity index (χ1n) is 4.34. The van der Waals surface area contributed by atoms with Gasteiger partial charge in [0.25, 0.3) is 0 Å². The van der Waals surface area contributed by atoms with Crippen LogP contribution >= 0.6 is 38.5 Å². The zero-order valence-corrected chi connectivity index (χ0v) is 11.5. The van der Waals surface area contributed by atoms with Gasteiger partial charge in [-0.15, -0.1) is 6.58 Å². The Morgan fingerprint density at radius 2 is 2.36 bits per heavy atom. The Hall–Kier alpha value is 0.130. The highest BCUT2D eigenvalue weighted by molar-refractivity contribution is 14.1. The molecule has 0 radical (unpaired) electrons. The summed E-state index contributed by atoms with van der Waals surface area (Å²) in [7, 11) is 0. The van der Waals surface area contributed by atoms with Gasteiger partial charge in [-0.05, 0) is 63.1 Å². The maximum absolute atomic E-state index is 5.60. The number of epoxide rings is 1. The summed E-state index contributed by atoms with van der Waals surface area (Å²) in [6.45, 7) is 5.84. The van der Waals surface area contributed by atoms with Gasteiger partial charge in [0.1, 0.15) is 11.7 Å². The van der Waals surface area contributed by atoms with Crippen LogP contribution in [0.2, 0.25) is 0 Å². The monoisotopic (exact) mass is 364 g/mol. The number of benzene rings is 1. The number of hydrogen-bond donors (Lipinski definition) is 0. The Kier molecular flexibility index (Phi) is 2.74. The van der Waals surface area contributed by atoms with Crippen molar-refractivity contribution in [2.24, 2.45) is 0 Å². The molecule has 0 amide bonds. The molecule has 2 rings (SSSR count). The van der Waals surface area contributed by atoms with Crippen LogP contribution in [0.4, 0.5) is 0 Å². The van der Waals surface area contributed by atoms with Gasteiger partial charge in [0.2, 0.25) is 0 Å². The van der Waals surface area contributed by atoms with Crippen LogP contribution in [0.3, 0.4) is 0 Å². The third-order valence-corrected chi connectivity index (χ3v) is 4.89. The second kappa shape index (κ2) is 3.61. The number of rotatable bonds is 2. The first-order valence-corrected chi connectivity index (χ1v) is 6.21. The van der Waals surface area contributed by atoms with Crippen molar-refractivity contribution in [3.8, 4) is 0 Å². The lowest BCUT2D eigenvalue weighted by Gasteiger charge is -2.07. The quantitative estimate of drug-likeness (QED) is 0.441. The molecule has 14 heavy (non-hydrogen) atoms. The van der Waals surface area contributed by atoms with Gasteiger partial charge in [-0.1, -0.05) is 12.1 Å². The van der Waals surface area contributed by atoms with E-state index in [2.05, 4.69) is 70.2 Å². The molecule has 0 N–H and O–H groups in total. The summed E-state index contributed by atoms with van der Waals surface area (Å²) in [4.78, 5) is 0. The fraction of sp³-hybridized carbons (Fsp3) is 0.273. The van der Waals surface area contributed by atoms with E-state index in [1.54, 1.807) is 0 Å². The first kappa shape index (κ1) is 10.6. The van der Waals surface area contributed by atoms with Crippen molar-refractivity contribution in [1.29, 1.82) is 0 Å². The van der Waals surface area contributed by atoms with Crippen LogP contribution in [0.25, 0.3) is 0 Å². The molecule has 2 atom stereocenters. The molecular formula is C11H10BrIO. The van der Waals surface area contributed by atoms with Gasteiger partial charge in [-0.25, -0.2) is 0 Å². The third kappa shape index (κ3) is 1.66. The van der Waals surface area contributed by atoms with Crippen molar-refractivity contribution in [2.75, 3.05) is 0 Å². The summed E-state index contributed by atoms with van der Waals surface area (Å²) in [5, 5.41) is 0. The minimum atomic E-state index is -0.150. The van der Waals surface area contributed by atoms with Gasteiger partial charge in [0.15, 0.2) is 0 Å². The van der Waals surface area contributed by atoms with E-state index in [-0.39, 0.29) is 11.7 Å². The maximum atomic E-state index is 5.60. The standard InChI is InChI=1S/C11H10BrIO/c1-3-10-11(2,14-10)7-4-5-8(12)9(13)6-7/h3-6,10H,1H2,2H3/t10-,11-/m0/s1. The van der Waals surface area contributed by atoms with Crippen LogP contribution in [0, 0.1) is 3.57 Å². The molecular weight excluding hydrogens is 355 g/mol. The van der Waals surface area contributed by atoms with Gasteiger partial charge in [-0.3, -0.25) is 0 Å². The minimum Gasteiger partial charge on any atom is -0.357 e. The normalized spacial score (nSPS) is 30.1. The Morgan fingerprint density at radius 1 is 1.64 bits per heavy atom. The van der Waals surface area contributed by atoms with E-state index >= 15 is 0 Å². The Balaban J connectivity index is 2.35. The number of hydrogen-bond acceptors (Lipinski definition) is 1. The van der Waals surface area contributed by atoms with Crippen molar-refractivity contribution in [3.63, 3.8) is 0 Å². The fourth-order valence-electron chi connectivity index (χ4n) is 1.54. The average Bonchev–Trinajstić information content (AvgIpc) is 2.83. The summed E-state index contributed by atoms with van der Waals surface area (Å²) in [5.74, 6) is 0. The molecule has 1 saturated heterocycles. The van der Waals surface area contributed by atoms with Crippen LogP contribution in [0.15, 0.2) is 35.3 Å². The van der Waals surface area contributed by atoms with E-state index in [1.165, 1.54) is 9.13 Å². The molecule has 0 aromatic heterocycles. The van der Waals surface area contributed by atoms with Crippen molar-refractivity contribution < 1.29 is 4.74 Å². The highest BCUT2D eigenvalue weighted by Crippen LogP contribution is 2.47. The largest absolute Gasteiger partial charge is 0.357 e. The SMILES string of the molecule is C=C[C@@H]1O[C@@]1(C)c1ccc(Br)c(I)c1. The van der Waals surface area contributed by atoms with Gasteiger partial charge in [0.05, 0.1) is 0 Å². The molecule has 1 fully saturated rings. The molecule has 0 spiro atoms. The fourth-order valence-corrected chi connectivity index (χ4v) is 2.30. The van der Waals surface area contributed by atoms with Crippen LogP contribution in [0.1, 0.15) is 12.5 Å². The van der Waals surface area contributed by atoms with Gasteiger partial charge >= 0.3 is 0 Å². The van der Waals surface area contributed by atoms with Crippen molar-refractivity contribution in [2.45, 2.75) is 18.6 Å². The predicted molar refractivity (Wildman–Crippen MR) is 69.3 cm³/mol. The summed E-state index contributed by atoms with van der Waals surface area (Å²) in [5.41, 5.74) is 1.07. The van der Waals surface area contributed by atoms with Gasteiger partial charge in [-0.2, -0.15) is 0 Å². The first-order chi connectivity index (χ1) is 6.58. The van der Waals surface area contributed by atoms with Crippen molar-refractivity contribution in [3.05, 3.63) is 44.5 Å². The summed E-state index contributed by atoms with van der Waals surface area (Å²) in [6.07, 6.45) is 2.02. The average molecular weight is 365 g/mol. The smallest absolute Gasteiger partial charge is 0.121 e. The Labute approximate surface area is 106 Å². The van der Waals surface area contributed by atoms with Crippen LogP contribution in [0.5, 0.6) is 0 Å². The molecule has 1 aliphatic rings. The molecule has 1 nitrogen and oxygen atoms in total. The van der Waals surface area contributed by atoms with Gasteiger partial charge < -0.3 is 4.74 Å². The number of ether oxygens (including phenoxy) is 1. The Bertz CT molecular complexity index is 391. The van der Waals surface area contributed by atoms with E-state index in [4.69, 9.17) is 4.74 Å². The maximum Gasteiger partial charge on any atom is 0.121 e. The van der Waals surface area contributed by atoms with Crippen molar-refractivity contribution in [1.82, 2.24) is 0 Å². The second-order valence-corrected chi connectivity index (χ2v) is 5.53. The lowest BCUT2D eigenvalue weighted by Crippen LogP contribution is -2.06. The molecule has 1 aliphatic heterocycles. The molecule has 1 heterocycles. The highest BCUT2D eigenvalue weighted by Gasteiger charge is 2.51. The lowest BCUT2D eigenvalue weighted by molar-refractivity contribution is 0.320. The highest BCUT2D eigenvalue weighted by atomic mass is 127. The number of halogens is 2. The van der Waals surface area contributed by atoms with E-state index in [9.17, 15) is 0 Å². The second-order valence-electron chi connectivity index (χ2n) is 3.51. The third-order valence-electron chi connectivity index (χ3n) is 2.56. The zero-order chi connectivity index (χ0) is 10.3. The van der Waals surface area contributed by atoms with Crippen LogP contribution in [-0.2, 0) is 10.3 Å². The van der Waals surface area contributed by atoms with E-state index in [0.717, 1.165) is 4.47 Å². The summed E-state index contributed by atoms with van der Waals surface area (Å²) >= 11 is 5.79. The van der Waals surface area contributed by atoms with Gasteiger partial charge in [0, 0.05) is 8.04 Å². The minimum absolute atomic E-state index is 0.150. The zero-order valence-electron chi connectivity index (χ0n) is 7.76. The lowest BCUT2D eigenvalue weighted by atomic mass is 9.98. The molecule has 0 aliphatic carbocycles. The molecule has 0 unspecified atom stereocenters. The molecule has 1 aromatic carbocycles. The van der Waals surface area contributed by atoms with Crippen molar-refractivity contribution >= 4 is 38.5 Å². The van der Waals surface area contributed by atoms with Crippen LogP contribution in [-0.4, -0.2) is 6.10 Å². The molecule has 1 aromatic rings. The molecule has 0 saturated carbocycles. The van der Waals surface area contributed by atoms with E-state index in [0.29, 0.717) is 0 Å². The van der Waals surface area contributed by atoms with E-state index < -0.39 is 0 Å². The van der Waals surface area contributed by atoms with Crippen LogP contribution < -0.4 is 0 Å². The molecule has 74 valence electrons. The predicted octanol–water partition coefficient (Wildman–Crippen LogP) is 3.85. The summed E-state index contributed by atoms with van der Waals surface area (Å²) in [6, 6.07) is 6.30. The molecule has 0 bridgehead atoms. The summed E-state index contributed by atoms with van der Waals surface area (Å²) < 4.78 is 7.93. The topological polar surface area (TPSA) is 12.5 Å². The molecule has 3 heteroatoms. The Morgan fingerprint density at radius 3 is 2.86 bits per heavy atom.